The number of methoxy groups -OCH3 is 1. The van der Waals surface area contributed by atoms with E-state index < -0.39 is 0 Å². The highest BCUT2D eigenvalue weighted by Crippen LogP contribution is 2.49. The Balaban J connectivity index is 2.24. The van der Waals surface area contributed by atoms with E-state index in [1.54, 1.807) is 7.11 Å². The maximum atomic E-state index is 6.06. The summed E-state index contributed by atoms with van der Waals surface area (Å²) in [5.74, 6) is 0.576. The van der Waals surface area contributed by atoms with Crippen LogP contribution in [0.4, 0.5) is 0 Å². The van der Waals surface area contributed by atoms with Gasteiger partial charge in [-0.05, 0) is 57.0 Å². The molecule has 1 aromatic rings. The van der Waals surface area contributed by atoms with Crippen molar-refractivity contribution in [2.24, 2.45) is 5.92 Å². The Hall–Kier alpha value is -0.570. The second-order valence-corrected chi connectivity index (χ2v) is 7.23. The van der Waals surface area contributed by atoms with Crippen LogP contribution < -0.4 is 0 Å². The number of likely N-dealkylation sites (N-methyl/N-ethyl adjacent to an activating group) is 1. The topological polar surface area (TPSA) is 12.5 Å². The minimum atomic E-state index is 0.288. The van der Waals surface area contributed by atoms with Gasteiger partial charge in [-0.15, -0.1) is 0 Å². The quantitative estimate of drug-likeness (QED) is 0.742. The summed E-state index contributed by atoms with van der Waals surface area (Å²) in [6, 6.07) is 9.06. The third kappa shape index (κ3) is 3.61. The normalized spacial score (nSPS) is 20.1. The maximum Gasteiger partial charge on any atom is 0.0488 e. The van der Waals surface area contributed by atoms with Gasteiger partial charge in [-0.25, -0.2) is 0 Å². The van der Waals surface area contributed by atoms with Crippen LogP contribution in [-0.2, 0) is 10.2 Å². The van der Waals surface area contributed by atoms with Crippen molar-refractivity contribution in [2.45, 2.75) is 44.1 Å². The van der Waals surface area contributed by atoms with Crippen molar-refractivity contribution in [1.29, 1.82) is 0 Å². The van der Waals surface area contributed by atoms with Crippen LogP contribution in [0.15, 0.2) is 24.3 Å². The first-order valence-electron chi connectivity index (χ1n) is 7.91. The van der Waals surface area contributed by atoms with E-state index in [0.29, 0.717) is 12.0 Å². The van der Waals surface area contributed by atoms with Crippen LogP contribution in [0.2, 0.25) is 5.02 Å². The summed E-state index contributed by atoms with van der Waals surface area (Å²) in [5.41, 5.74) is 1.73. The van der Waals surface area contributed by atoms with Gasteiger partial charge in [-0.2, -0.15) is 0 Å². The fraction of sp³-hybridized carbons (Fsp3) is 0.667. The lowest BCUT2D eigenvalue weighted by molar-refractivity contribution is 0.0623. The molecule has 0 heterocycles. The Kier molecular flexibility index (Phi) is 5.70. The molecule has 1 aromatic carbocycles. The fourth-order valence-electron chi connectivity index (χ4n) is 3.82. The van der Waals surface area contributed by atoms with E-state index in [9.17, 15) is 0 Å². The third-order valence-electron chi connectivity index (χ3n) is 5.00. The molecule has 118 valence electrons. The van der Waals surface area contributed by atoms with E-state index in [1.807, 2.05) is 12.1 Å². The highest BCUT2D eigenvalue weighted by molar-refractivity contribution is 6.30. The zero-order chi connectivity index (χ0) is 15.5. The maximum absolute atomic E-state index is 6.06. The minimum Gasteiger partial charge on any atom is -0.384 e. The van der Waals surface area contributed by atoms with Crippen molar-refractivity contribution in [3.63, 3.8) is 0 Å². The Morgan fingerprint density at radius 2 is 1.86 bits per heavy atom. The lowest BCUT2D eigenvalue weighted by Crippen LogP contribution is -2.53. The first-order chi connectivity index (χ1) is 9.99. The van der Waals surface area contributed by atoms with E-state index in [0.717, 1.165) is 11.6 Å². The zero-order valence-electron chi connectivity index (χ0n) is 13.7. The van der Waals surface area contributed by atoms with Crippen molar-refractivity contribution in [1.82, 2.24) is 4.90 Å². The van der Waals surface area contributed by atoms with Crippen molar-refractivity contribution >= 4 is 11.6 Å². The molecule has 0 bridgehead atoms. The van der Waals surface area contributed by atoms with Gasteiger partial charge >= 0.3 is 0 Å². The SMILES string of the molecule is COCC(C)CC(N(C)C)C1(c2ccc(Cl)cc2)CCC1. The average Bonchev–Trinajstić information content (AvgIpc) is 2.38. The number of nitrogens with zero attached hydrogens (tertiary/aromatic N) is 1. The molecule has 2 atom stereocenters. The van der Waals surface area contributed by atoms with E-state index >= 15 is 0 Å². The van der Waals surface area contributed by atoms with Crippen LogP contribution >= 0.6 is 11.6 Å². The van der Waals surface area contributed by atoms with Crippen LogP contribution in [0, 0.1) is 5.92 Å². The molecule has 21 heavy (non-hydrogen) atoms. The first-order valence-corrected chi connectivity index (χ1v) is 8.29. The summed E-state index contributed by atoms with van der Waals surface area (Å²) in [6.07, 6.45) is 5.05. The molecular formula is C18H28ClNO. The summed E-state index contributed by atoms with van der Waals surface area (Å²) in [7, 11) is 6.21. The van der Waals surface area contributed by atoms with Crippen molar-refractivity contribution < 1.29 is 4.74 Å². The molecular weight excluding hydrogens is 282 g/mol. The molecule has 0 amide bonds. The van der Waals surface area contributed by atoms with Gasteiger partial charge in [-0.1, -0.05) is 37.1 Å². The first kappa shape index (κ1) is 16.8. The molecule has 2 rings (SSSR count). The summed E-state index contributed by atoms with van der Waals surface area (Å²) < 4.78 is 5.33. The molecule has 1 saturated carbocycles. The summed E-state index contributed by atoms with van der Waals surface area (Å²) in [4.78, 5) is 2.40. The van der Waals surface area contributed by atoms with Gasteiger partial charge < -0.3 is 9.64 Å². The standard InChI is InChI=1S/C18H28ClNO/c1-14(13-21-4)12-17(20(2)3)18(10-5-11-18)15-6-8-16(19)9-7-15/h6-9,14,17H,5,10-13H2,1-4H3. The van der Waals surface area contributed by atoms with Crippen molar-refractivity contribution in [3.05, 3.63) is 34.9 Å². The van der Waals surface area contributed by atoms with Gasteiger partial charge in [-0.3, -0.25) is 0 Å². The molecule has 0 aliphatic heterocycles. The number of halogens is 1. The molecule has 0 spiro atoms. The molecule has 1 aliphatic rings. The van der Waals surface area contributed by atoms with E-state index in [4.69, 9.17) is 16.3 Å². The molecule has 1 fully saturated rings. The molecule has 0 radical (unpaired) electrons. The predicted molar refractivity (Wildman–Crippen MR) is 90.1 cm³/mol. The monoisotopic (exact) mass is 309 g/mol. The van der Waals surface area contributed by atoms with Gasteiger partial charge in [0.2, 0.25) is 0 Å². The van der Waals surface area contributed by atoms with Gasteiger partial charge in [0, 0.05) is 30.2 Å². The molecule has 0 N–H and O–H groups in total. The summed E-state index contributed by atoms with van der Waals surface area (Å²) in [6.45, 7) is 3.12. The minimum absolute atomic E-state index is 0.288. The predicted octanol–water partition coefficient (Wildman–Crippen LogP) is 4.36. The Labute approximate surface area is 134 Å². The van der Waals surface area contributed by atoms with Gasteiger partial charge in [0.05, 0.1) is 0 Å². The van der Waals surface area contributed by atoms with Gasteiger partial charge in [0.25, 0.3) is 0 Å². The summed E-state index contributed by atoms with van der Waals surface area (Å²) >= 11 is 6.06. The smallest absolute Gasteiger partial charge is 0.0488 e. The van der Waals surface area contributed by atoms with Gasteiger partial charge in [0.1, 0.15) is 0 Å². The number of rotatable bonds is 7. The number of hydrogen-bond acceptors (Lipinski definition) is 2. The number of ether oxygens (including phenoxy) is 1. The fourth-order valence-corrected chi connectivity index (χ4v) is 3.94. The molecule has 2 nitrogen and oxygen atoms in total. The van der Waals surface area contributed by atoms with Crippen molar-refractivity contribution in [2.75, 3.05) is 27.8 Å². The van der Waals surface area contributed by atoms with Crippen LogP contribution in [0.3, 0.4) is 0 Å². The molecule has 2 unspecified atom stereocenters. The third-order valence-corrected chi connectivity index (χ3v) is 5.25. The van der Waals surface area contributed by atoms with Crippen LogP contribution in [-0.4, -0.2) is 38.8 Å². The van der Waals surface area contributed by atoms with E-state index in [2.05, 4.69) is 38.1 Å². The van der Waals surface area contributed by atoms with Gasteiger partial charge in [0.15, 0.2) is 0 Å². The molecule has 1 aliphatic carbocycles. The van der Waals surface area contributed by atoms with Crippen molar-refractivity contribution in [3.8, 4) is 0 Å². The summed E-state index contributed by atoms with van der Waals surface area (Å²) in [5, 5.41) is 0.822. The lowest BCUT2D eigenvalue weighted by Gasteiger charge is -2.51. The Morgan fingerprint density at radius 3 is 2.29 bits per heavy atom. The van der Waals surface area contributed by atoms with Crippen LogP contribution in [0.25, 0.3) is 0 Å². The lowest BCUT2D eigenvalue weighted by atomic mass is 9.58. The van der Waals surface area contributed by atoms with Crippen LogP contribution in [0.1, 0.15) is 38.2 Å². The molecule has 0 saturated heterocycles. The van der Waals surface area contributed by atoms with E-state index in [-0.39, 0.29) is 5.41 Å². The number of benzene rings is 1. The largest absolute Gasteiger partial charge is 0.384 e. The Bertz CT molecular complexity index is 439. The number of hydrogen-bond donors (Lipinski definition) is 0. The zero-order valence-corrected chi connectivity index (χ0v) is 14.5. The average molecular weight is 310 g/mol. The second-order valence-electron chi connectivity index (χ2n) is 6.79. The van der Waals surface area contributed by atoms with Crippen LogP contribution in [0.5, 0.6) is 0 Å². The van der Waals surface area contributed by atoms with E-state index in [1.165, 1.54) is 31.2 Å². The highest BCUT2D eigenvalue weighted by Gasteiger charge is 2.46. The molecule has 3 heteroatoms. The molecule has 0 aromatic heterocycles. The Morgan fingerprint density at radius 1 is 1.24 bits per heavy atom. The second kappa shape index (κ2) is 7.13. The highest BCUT2D eigenvalue weighted by atomic mass is 35.5.